The van der Waals surface area contributed by atoms with Crippen molar-refractivity contribution in [1.29, 1.82) is 0 Å². The normalized spacial score (nSPS) is 14.2. The number of nitrogens with zero attached hydrogens (tertiary/aromatic N) is 3. The number of rotatable bonds is 3. The number of amides is 1. The summed E-state index contributed by atoms with van der Waals surface area (Å²) in [5.41, 5.74) is 3.49. The molecule has 2 aromatic carbocycles. The molecule has 0 bridgehead atoms. The van der Waals surface area contributed by atoms with Crippen LogP contribution in [-0.4, -0.2) is 38.1 Å². The van der Waals surface area contributed by atoms with Crippen LogP contribution in [0.3, 0.4) is 0 Å². The molecule has 1 aliphatic heterocycles. The van der Waals surface area contributed by atoms with Crippen LogP contribution >= 0.6 is 11.8 Å². The number of para-hydroxylation sites is 2. The second-order valence-electron chi connectivity index (χ2n) is 7.35. The second kappa shape index (κ2) is 7.56. The topological polar surface area (TPSA) is 61.9 Å². The highest BCUT2D eigenvalue weighted by atomic mass is 32.2. The Hall–Kier alpha value is -3.07. The van der Waals surface area contributed by atoms with Crippen LogP contribution in [0.5, 0.6) is 0 Å². The third-order valence-electron chi connectivity index (χ3n) is 5.39. The molecule has 0 saturated heterocycles. The number of alkyl halides is 3. The number of aromatic amines is 1. The highest BCUT2D eigenvalue weighted by molar-refractivity contribution is 8.00. The molecule has 31 heavy (non-hydrogen) atoms. The number of hydrogen-bond donors (Lipinski definition) is 1. The molecule has 1 amide bonds. The van der Waals surface area contributed by atoms with E-state index in [2.05, 4.69) is 15.0 Å². The van der Waals surface area contributed by atoms with Crippen LogP contribution in [0, 0.1) is 0 Å². The van der Waals surface area contributed by atoms with Gasteiger partial charge in [0.2, 0.25) is 11.7 Å². The van der Waals surface area contributed by atoms with Gasteiger partial charge >= 0.3 is 6.18 Å². The van der Waals surface area contributed by atoms with Crippen LogP contribution in [0.1, 0.15) is 17.1 Å². The number of aromatic nitrogens is 3. The Morgan fingerprint density at radius 2 is 1.81 bits per heavy atom. The Bertz CT molecular complexity index is 1300. The molecule has 0 radical (unpaired) electrons. The minimum Gasteiger partial charge on any atom is -0.358 e. The Morgan fingerprint density at radius 1 is 1.06 bits per heavy atom. The van der Waals surface area contributed by atoms with Crippen molar-refractivity contribution in [3.63, 3.8) is 0 Å². The van der Waals surface area contributed by atoms with E-state index in [1.165, 1.54) is 6.07 Å². The molecule has 0 atom stereocenters. The van der Waals surface area contributed by atoms with Gasteiger partial charge in [0.1, 0.15) is 5.03 Å². The first-order valence-electron chi connectivity index (χ1n) is 9.73. The van der Waals surface area contributed by atoms with E-state index in [0.29, 0.717) is 18.5 Å². The molecule has 5 rings (SSSR count). The third-order valence-corrected chi connectivity index (χ3v) is 6.37. The molecule has 0 spiro atoms. The molecule has 0 unspecified atom stereocenters. The zero-order chi connectivity index (χ0) is 21.6. The number of H-pyrrole nitrogens is 1. The fraction of sp³-hybridized carbons (Fsp3) is 0.227. The predicted octanol–water partition coefficient (Wildman–Crippen LogP) is 4.81. The van der Waals surface area contributed by atoms with E-state index in [0.717, 1.165) is 40.3 Å². The molecule has 2 aromatic heterocycles. The summed E-state index contributed by atoms with van der Waals surface area (Å²) in [6, 6.07) is 14.5. The summed E-state index contributed by atoms with van der Waals surface area (Å²) >= 11 is 1.02. The monoisotopic (exact) mass is 442 g/mol. The Labute approximate surface area is 179 Å². The predicted molar refractivity (Wildman–Crippen MR) is 113 cm³/mol. The van der Waals surface area contributed by atoms with E-state index in [1.54, 1.807) is 23.1 Å². The molecular formula is C22H17F3N4OS. The Kier molecular flexibility index (Phi) is 4.85. The molecule has 4 aromatic rings. The van der Waals surface area contributed by atoms with E-state index < -0.39 is 12.0 Å². The third kappa shape index (κ3) is 3.74. The molecule has 1 N–H and O–H groups in total. The lowest BCUT2D eigenvalue weighted by atomic mass is 10.0. The van der Waals surface area contributed by atoms with Crippen molar-refractivity contribution in [3.8, 4) is 0 Å². The zero-order valence-electron chi connectivity index (χ0n) is 16.2. The zero-order valence-corrected chi connectivity index (χ0v) is 17.1. The Morgan fingerprint density at radius 3 is 2.61 bits per heavy atom. The van der Waals surface area contributed by atoms with E-state index in [1.807, 2.05) is 24.3 Å². The van der Waals surface area contributed by atoms with E-state index in [4.69, 9.17) is 0 Å². The number of thioether (sulfide) groups is 1. The highest BCUT2D eigenvalue weighted by Crippen LogP contribution is 2.33. The highest BCUT2D eigenvalue weighted by Gasteiger charge is 2.35. The minimum absolute atomic E-state index is 0.00991. The van der Waals surface area contributed by atoms with Crippen LogP contribution in [-0.2, 0) is 23.9 Å². The minimum atomic E-state index is -4.65. The quantitative estimate of drug-likeness (QED) is 0.366. The van der Waals surface area contributed by atoms with Crippen molar-refractivity contribution < 1.29 is 18.0 Å². The summed E-state index contributed by atoms with van der Waals surface area (Å²) < 4.78 is 39.6. The van der Waals surface area contributed by atoms with Crippen LogP contribution < -0.4 is 0 Å². The van der Waals surface area contributed by atoms with Gasteiger partial charge in [-0.25, -0.2) is 9.97 Å². The summed E-state index contributed by atoms with van der Waals surface area (Å²) in [6.45, 7) is 1.05. The standard InChI is InChI=1S/C22H17F3N4OS/c23-22(24,25)21-27-17-8-4-2-6-14(17)20(28-21)31-12-19(30)29-10-9-18-15(11-29)13-5-1-3-7-16(13)26-18/h1-8,26H,9-12H2. The first-order chi connectivity index (χ1) is 14.9. The van der Waals surface area contributed by atoms with Crippen molar-refractivity contribution in [2.45, 2.75) is 24.2 Å². The molecule has 3 heterocycles. The smallest absolute Gasteiger partial charge is 0.358 e. The molecule has 158 valence electrons. The van der Waals surface area contributed by atoms with E-state index in [-0.39, 0.29) is 22.2 Å². The van der Waals surface area contributed by atoms with Crippen molar-refractivity contribution in [3.05, 3.63) is 65.6 Å². The van der Waals surface area contributed by atoms with Gasteiger partial charge in [0, 0.05) is 47.1 Å². The van der Waals surface area contributed by atoms with Crippen LogP contribution in [0.4, 0.5) is 13.2 Å². The number of benzene rings is 2. The first-order valence-corrected chi connectivity index (χ1v) is 10.7. The lowest BCUT2D eigenvalue weighted by Gasteiger charge is -2.27. The van der Waals surface area contributed by atoms with Gasteiger partial charge in [0.25, 0.3) is 0 Å². The SMILES string of the molecule is O=C(CSc1nc(C(F)(F)F)nc2ccccc12)N1CCc2[nH]c3ccccc3c2C1. The number of halogens is 3. The van der Waals surface area contributed by atoms with Crippen molar-refractivity contribution >= 4 is 39.5 Å². The molecule has 1 aliphatic rings. The maximum atomic E-state index is 13.2. The molecule has 5 nitrogen and oxygen atoms in total. The lowest BCUT2D eigenvalue weighted by molar-refractivity contribution is -0.145. The average molecular weight is 442 g/mol. The number of carbonyl (C=O) groups is 1. The van der Waals surface area contributed by atoms with Crippen LogP contribution in [0.25, 0.3) is 21.8 Å². The maximum Gasteiger partial charge on any atom is 0.451 e. The average Bonchev–Trinajstić information content (AvgIpc) is 3.14. The molecule has 0 aliphatic carbocycles. The maximum absolute atomic E-state index is 13.2. The van der Waals surface area contributed by atoms with Crippen LogP contribution in [0.15, 0.2) is 53.6 Å². The molecule has 0 fully saturated rings. The molecule has 9 heteroatoms. The summed E-state index contributed by atoms with van der Waals surface area (Å²) in [7, 11) is 0. The fourth-order valence-electron chi connectivity index (χ4n) is 3.89. The summed E-state index contributed by atoms with van der Waals surface area (Å²) in [5, 5.41) is 1.76. The van der Waals surface area contributed by atoms with Crippen LogP contribution in [0.2, 0.25) is 0 Å². The lowest BCUT2D eigenvalue weighted by Crippen LogP contribution is -2.36. The Balaban J connectivity index is 1.37. The largest absolute Gasteiger partial charge is 0.451 e. The van der Waals surface area contributed by atoms with Gasteiger partial charge in [0.15, 0.2) is 0 Å². The second-order valence-corrected chi connectivity index (χ2v) is 8.31. The summed E-state index contributed by atoms with van der Waals surface area (Å²) in [4.78, 5) is 25.4. The number of fused-ring (bicyclic) bond motifs is 4. The number of carbonyl (C=O) groups excluding carboxylic acids is 1. The van der Waals surface area contributed by atoms with E-state index >= 15 is 0 Å². The summed E-state index contributed by atoms with van der Waals surface area (Å²) in [5.74, 6) is -1.31. The van der Waals surface area contributed by atoms with Crippen molar-refractivity contribution in [2.75, 3.05) is 12.3 Å². The van der Waals surface area contributed by atoms with Gasteiger partial charge < -0.3 is 9.88 Å². The van der Waals surface area contributed by atoms with Gasteiger partial charge in [-0.1, -0.05) is 48.2 Å². The van der Waals surface area contributed by atoms with E-state index in [9.17, 15) is 18.0 Å². The number of hydrogen-bond acceptors (Lipinski definition) is 4. The van der Waals surface area contributed by atoms with Crippen molar-refractivity contribution in [2.24, 2.45) is 0 Å². The van der Waals surface area contributed by atoms with Gasteiger partial charge in [0.05, 0.1) is 11.3 Å². The summed E-state index contributed by atoms with van der Waals surface area (Å²) in [6.07, 6.45) is -3.93. The van der Waals surface area contributed by atoms with Gasteiger partial charge in [-0.3, -0.25) is 4.79 Å². The number of nitrogens with one attached hydrogen (secondary N) is 1. The fourth-order valence-corrected chi connectivity index (χ4v) is 4.81. The first kappa shape index (κ1) is 19.9. The van der Waals surface area contributed by atoms with Gasteiger partial charge in [-0.2, -0.15) is 13.2 Å². The van der Waals surface area contributed by atoms with Gasteiger partial charge in [-0.05, 0) is 12.1 Å². The van der Waals surface area contributed by atoms with Gasteiger partial charge in [-0.15, -0.1) is 0 Å². The van der Waals surface area contributed by atoms with Crippen molar-refractivity contribution in [1.82, 2.24) is 19.9 Å². The molecular weight excluding hydrogens is 425 g/mol. The molecule has 0 saturated carbocycles.